The molecule has 0 radical (unpaired) electrons. The fourth-order valence-electron chi connectivity index (χ4n) is 0.933. The fraction of sp³-hybridized carbons (Fsp3) is 0.333. The summed E-state index contributed by atoms with van der Waals surface area (Å²) in [7, 11) is 1.24. The van der Waals surface area contributed by atoms with Crippen molar-refractivity contribution in [3.05, 3.63) is 21.8 Å². The van der Waals surface area contributed by atoms with Crippen molar-refractivity contribution in [1.29, 1.82) is 0 Å². The molecule has 2 nitrogen and oxygen atoms in total. The van der Waals surface area contributed by atoms with Gasteiger partial charge >= 0.3 is 0 Å². The van der Waals surface area contributed by atoms with Gasteiger partial charge in [-0.1, -0.05) is 6.04 Å². The molecule has 0 heterocycles. The van der Waals surface area contributed by atoms with E-state index in [4.69, 9.17) is 9.84 Å². The third-order valence-corrected chi connectivity index (χ3v) is 3.22. The highest BCUT2D eigenvalue weighted by Gasteiger charge is 2.00. The standard InChI is InChI=1S/C9H13IO2Si/c10-8-6-7(11)2-3-9(8)12-4-1-5-13/h2-3,6,11H,1,4-5H2,13H3. The lowest BCUT2D eigenvalue weighted by Gasteiger charge is -2.07. The molecular weight excluding hydrogens is 295 g/mol. The summed E-state index contributed by atoms with van der Waals surface area (Å²) in [6.07, 6.45) is 1.13. The molecule has 0 atom stereocenters. The monoisotopic (exact) mass is 308 g/mol. The summed E-state index contributed by atoms with van der Waals surface area (Å²) in [4.78, 5) is 0. The molecule has 0 fully saturated rings. The lowest BCUT2D eigenvalue weighted by atomic mass is 10.3. The van der Waals surface area contributed by atoms with E-state index in [1.165, 1.54) is 16.3 Å². The number of rotatable bonds is 4. The van der Waals surface area contributed by atoms with Gasteiger partial charge in [0.05, 0.1) is 10.2 Å². The van der Waals surface area contributed by atoms with Crippen LogP contribution < -0.4 is 4.74 Å². The van der Waals surface area contributed by atoms with E-state index in [9.17, 15) is 0 Å². The summed E-state index contributed by atoms with van der Waals surface area (Å²) in [5.74, 6) is 1.16. The zero-order valence-corrected chi connectivity index (χ0v) is 11.7. The average Bonchev–Trinajstić information content (AvgIpc) is 2.09. The molecule has 0 bridgehead atoms. The highest BCUT2D eigenvalue weighted by molar-refractivity contribution is 14.1. The van der Waals surface area contributed by atoms with E-state index in [1.807, 2.05) is 6.07 Å². The first-order chi connectivity index (χ1) is 6.24. The number of hydrogen-bond donors (Lipinski definition) is 1. The Morgan fingerprint density at radius 1 is 1.46 bits per heavy atom. The number of hydrogen-bond acceptors (Lipinski definition) is 2. The maximum atomic E-state index is 9.15. The first kappa shape index (κ1) is 10.8. The second-order valence-electron chi connectivity index (χ2n) is 2.82. The molecule has 0 saturated carbocycles. The maximum Gasteiger partial charge on any atom is 0.132 e. The lowest BCUT2D eigenvalue weighted by Crippen LogP contribution is -1.97. The van der Waals surface area contributed by atoms with Crippen LogP contribution in [0.3, 0.4) is 0 Å². The zero-order chi connectivity index (χ0) is 9.68. The van der Waals surface area contributed by atoms with Crippen LogP contribution in [0.1, 0.15) is 6.42 Å². The van der Waals surface area contributed by atoms with Crippen molar-refractivity contribution in [3.63, 3.8) is 0 Å². The molecule has 1 aromatic rings. The second kappa shape index (κ2) is 5.49. The third kappa shape index (κ3) is 3.56. The van der Waals surface area contributed by atoms with Crippen LogP contribution in [0.25, 0.3) is 0 Å². The van der Waals surface area contributed by atoms with Crippen molar-refractivity contribution in [2.24, 2.45) is 0 Å². The summed E-state index contributed by atoms with van der Waals surface area (Å²) < 4.78 is 6.50. The molecule has 13 heavy (non-hydrogen) atoms. The van der Waals surface area contributed by atoms with Crippen molar-refractivity contribution in [1.82, 2.24) is 0 Å². The molecule has 0 amide bonds. The molecule has 1 N–H and O–H groups in total. The molecule has 0 aliphatic carbocycles. The largest absolute Gasteiger partial charge is 0.508 e. The Balaban J connectivity index is 2.56. The van der Waals surface area contributed by atoms with Crippen LogP contribution in [0, 0.1) is 3.57 Å². The third-order valence-electron chi connectivity index (χ3n) is 1.67. The van der Waals surface area contributed by atoms with Crippen molar-refractivity contribution < 1.29 is 9.84 Å². The molecular formula is C9H13IO2Si. The van der Waals surface area contributed by atoms with Crippen LogP contribution in [0.2, 0.25) is 6.04 Å². The number of halogens is 1. The Hall–Kier alpha value is -0.233. The Bertz CT molecular complexity index is 278. The van der Waals surface area contributed by atoms with E-state index < -0.39 is 0 Å². The normalized spacial score (nSPS) is 10.2. The quantitative estimate of drug-likeness (QED) is 0.519. The van der Waals surface area contributed by atoms with Crippen LogP contribution in [-0.2, 0) is 0 Å². The molecule has 0 aromatic heterocycles. The zero-order valence-electron chi connectivity index (χ0n) is 7.59. The Kier molecular flexibility index (Phi) is 4.58. The van der Waals surface area contributed by atoms with E-state index in [0.717, 1.165) is 22.3 Å². The average molecular weight is 308 g/mol. The maximum absolute atomic E-state index is 9.15. The summed E-state index contributed by atoms with van der Waals surface area (Å²) in [6.45, 7) is 0.782. The number of phenolic OH excluding ortho intramolecular Hbond substituents is 1. The number of ether oxygens (including phenoxy) is 1. The predicted octanol–water partition coefficient (Wildman–Crippen LogP) is 1.55. The van der Waals surface area contributed by atoms with Gasteiger partial charge in [-0.05, 0) is 47.2 Å². The number of phenols is 1. The molecule has 0 spiro atoms. The van der Waals surface area contributed by atoms with Crippen LogP contribution in [0.4, 0.5) is 0 Å². The van der Waals surface area contributed by atoms with Gasteiger partial charge in [0.25, 0.3) is 0 Å². The van der Waals surface area contributed by atoms with E-state index in [-0.39, 0.29) is 0 Å². The van der Waals surface area contributed by atoms with Crippen molar-refractivity contribution in [3.8, 4) is 11.5 Å². The Morgan fingerprint density at radius 2 is 2.23 bits per heavy atom. The van der Waals surface area contributed by atoms with Gasteiger partial charge < -0.3 is 9.84 Å². The Morgan fingerprint density at radius 3 is 2.85 bits per heavy atom. The molecule has 0 unspecified atom stereocenters. The summed E-state index contributed by atoms with van der Waals surface area (Å²) in [6, 6.07) is 6.44. The minimum absolute atomic E-state index is 0.291. The van der Waals surface area contributed by atoms with Crippen molar-refractivity contribution in [2.75, 3.05) is 6.61 Å². The van der Waals surface area contributed by atoms with Gasteiger partial charge in [0.1, 0.15) is 11.5 Å². The van der Waals surface area contributed by atoms with E-state index in [2.05, 4.69) is 22.6 Å². The first-order valence-corrected chi connectivity index (χ1v) is 6.84. The number of benzene rings is 1. The minimum atomic E-state index is 0.291. The van der Waals surface area contributed by atoms with Crippen LogP contribution in [0.5, 0.6) is 11.5 Å². The van der Waals surface area contributed by atoms with Crippen LogP contribution >= 0.6 is 22.6 Å². The van der Waals surface area contributed by atoms with Gasteiger partial charge in [-0.2, -0.15) is 0 Å². The Labute approximate surface area is 94.9 Å². The number of aromatic hydroxyl groups is 1. The molecule has 4 heteroatoms. The molecule has 1 rings (SSSR count). The van der Waals surface area contributed by atoms with Gasteiger partial charge in [0.2, 0.25) is 0 Å². The minimum Gasteiger partial charge on any atom is -0.508 e. The van der Waals surface area contributed by atoms with Crippen molar-refractivity contribution >= 4 is 32.8 Å². The molecule has 72 valence electrons. The molecule has 0 aliphatic heterocycles. The van der Waals surface area contributed by atoms with E-state index in [1.54, 1.807) is 12.1 Å². The molecule has 0 aliphatic rings. The van der Waals surface area contributed by atoms with Gasteiger partial charge in [-0.15, -0.1) is 0 Å². The van der Waals surface area contributed by atoms with Crippen LogP contribution in [-0.4, -0.2) is 22.0 Å². The second-order valence-corrected chi connectivity index (χ2v) is 4.98. The smallest absolute Gasteiger partial charge is 0.132 e. The lowest BCUT2D eigenvalue weighted by molar-refractivity contribution is 0.314. The highest BCUT2D eigenvalue weighted by Crippen LogP contribution is 2.24. The predicted molar refractivity (Wildman–Crippen MR) is 65.7 cm³/mol. The van der Waals surface area contributed by atoms with E-state index >= 15 is 0 Å². The van der Waals surface area contributed by atoms with Crippen LogP contribution in [0.15, 0.2) is 18.2 Å². The van der Waals surface area contributed by atoms with Crippen molar-refractivity contribution in [2.45, 2.75) is 12.5 Å². The summed E-state index contributed by atoms with van der Waals surface area (Å²) in [5.41, 5.74) is 0. The van der Waals surface area contributed by atoms with E-state index in [0.29, 0.717) is 5.75 Å². The van der Waals surface area contributed by atoms with Gasteiger partial charge in [-0.25, -0.2) is 0 Å². The fourth-order valence-corrected chi connectivity index (χ4v) is 1.88. The van der Waals surface area contributed by atoms with Gasteiger partial charge in [0, 0.05) is 10.2 Å². The van der Waals surface area contributed by atoms with Gasteiger partial charge in [0.15, 0.2) is 0 Å². The first-order valence-electron chi connectivity index (χ1n) is 4.35. The SMILES string of the molecule is Oc1ccc(OCCC[SiH3])c(I)c1. The summed E-state index contributed by atoms with van der Waals surface area (Å²) >= 11 is 2.16. The molecule has 0 saturated heterocycles. The topological polar surface area (TPSA) is 29.5 Å². The molecule has 1 aromatic carbocycles. The van der Waals surface area contributed by atoms with Gasteiger partial charge in [-0.3, -0.25) is 0 Å². The summed E-state index contributed by atoms with van der Waals surface area (Å²) in [5, 5.41) is 9.15. The highest BCUT2D eigenvalue weighted by atomic mass is 127.